The van der Waals surface area contributed by atoms with Crippen LogP contribution in [-0.2, 0) is 0 Å². The van der Waals surface area contributed by atoms with Crippen molar-refractivity contribution in [3.63, 3.8) is 0 Å². The van der Waals surface area contributed by atoms with Crippen molar-refractivity contribution in [3.05, 3.63) is 23.1 Å². The summed E-state index contributed by atoms with van der Waals surface area (Å²) >= 11 is 5.59. The van der Waals surface area contributed by atoms with Crippen molar-refractivity contribution in [2.24, 2.45) is 0 Å². The highest BCUT2D eigenvalue weighted by molar-refractivity contribution is 6.30. The standard InChI is InChI=1S/C9H12ClFN2/c1-3-13(4-2)9-8(11)5-7(10)6-12-9/h5-6H,3-4H2,1-2H3. The van der Waals surface area contributed by atoms with Gasteiger partial charge in [-0.15, -0.1) is 0 Å². The fraction of sp³-hybridized carbons (Fsp3) is 0.444. The van der Waals surface area contributed by atoms with Gasteiger partial charge in [0.1, 0.15) is 0 Å². The SMILES string of the molecule is CCN(CC)c1ncc(Cl)cc1F. The molecule has 0 bridgehead atoms. The molecular formula is C9H12ClFN2. The van der Waals surface area contributed by atoms with Crippen LogP contribution < -0.4 is 4.90 Å². The number of nitrogens with zero attached hydrogens (tertiary/aromatic N) is 2. The Labute approximate surface area is 82.3 Å². The molecule has 0 aliphatic rings. The lowest BCUT2D eigenvalue weighted by Crippen LogP contribution is -2.24. The van der Waals surface area contributed by atoms with E-state index >= 15 is 0 Å². The van der Waals surface area contributed by atoms with E-state index < -0.39 is 0 Å². The molecule has 0 N–H and O–H groups in total. The van der Waals surface area contributed by atoms with Crippen molar-refractivity contribution >= 4 is 17.4 Å². The third-order valence-electron chi connectivity index (χ3n) is 1.85. The van der Waals surface area contributed by atoms with Crippen molar-refractivity contribution < 1.29 is 4.39 Å². The van der Waals surface area contributed by atoms with Gasteiger partial charge in [0.25, 0.3) is 0 Å². The van der Waals surface area contributed by atoms with Crippen LogP contribution in [0.4, 0.5) is 10.2 Å². The Morgan fingerprint density at radius 3 is 2.54 bits per heavy atom. The Kier molecular flexibility index (Phi) is 3.48. The molecule has 0 saturated carbocycles. The van der Waals surface area contributed by atoms with Gasteiger partial charge in [-0.2, -0.15) is 0 Å². The molecule has 2 nitrogen and oxygen atoms in total. The molecule has 0 aliphatic carbocycles. The topological polar surface area (TPSA) is 16.1 Å². The summed E-state index contributed by atoms with van der Waals surface area (Å²) in [5.74, 6) is 0.00519. The fourth-order valence-electron chi connectivity index (χ4n) is 1.16. The van der Waals surface area contributed by atoms with Crippen molar-refractivity contribution in [2.75, 3.05) is 18.0 Å². The van der Waals surface area contributed by atoms with E-state index in [4.69, 9.17) is 11.6 Å². The molecule has 0 spiro atoms. The molecule has 0 aliphatic heterocycles. The van der Waals surface area contributed by atoms with Crippen LogP contribution in [0, 0.1) is 5.82 Å². The van der Waals surface area contributed by atoms with Gasteiger partial charge in [-0.25, -0.2) is 9.37 Å². The van der Waals surface area contributed by atoms with Crippen molar-refractivity contribution in [1.29, 1.82) is 0 Å². The zero-order valence-corrected chi connectivity index (χ0v) is 8.48. The molecule has 1 aromatic heterocycles. The highest BCUT2D eigenvalue weighted by atomic mass is 35.5. The first-order valence-corrected chi connectivity index (χ1v) is 4.62. The van der Waals surface area contributed by atoms with Crippen molar-refractivity contribution in [1.82, 2.24) is 4.98 Å². The fourth-order valence-corrected chi connectivity index (χ4v) is 1.31. The zero-order chi connectivity index (χ0) is 9.84. The van der Waals surface area contributed by atoms with Gasteiger partial charge in [-0.05, 0) is 19.9 Å². The summed E-state index contributed by atoms with van der Waals surface area (Å²) < 4.78 is 13.3. The van der Waals surface area contributed by atoms with Crippen LogP contribution in [0.3, 0.4) is 0 Å². The first-order valence-electron chi connectivity index (χ1n) is 4.25. The van der Waals surface area contributed by atoms with E-state index in [0.29, 0.717) is 10.8 Å². The van der Waals surface area contributed by atoms with E-state index in [1.54, 1.807) is 0 Å². The van der Waals surface area contributed by atoms with Gasteiger partial charge >= 0.3 is 0 Å². The third-order valence-corrected chi connectivity index (χ3v) is 2.06. The maximum absolute atomic E-state index is 13.3. The van der Waals surface area contributed by atoms with E-state index in [1.807, 2.05) is 18.7 Å². The summed E-state index contributed by atoms with van der Waals surface area (Å²) in [5.41, 5.74) is 0. The number of pyridine rings is 1. The molecule has 72 valence electrons. The van der Waals surface area contributed by atoms with Gasteiger partial charge in [-0.1, -0.05) is 11.6 Å². The second-order valence-electron chi connectivity index (χ2n) is 2.63. The molecule has 0 aromatic carbocycles. The quantitative estimate of drug-likeness (QED) is 0.749. The molecule has 0 atom stereocenters. The first kappa shape index (κ1) is 10.3. The van der Waals surface area contributed by atoms with Crippen LogP contribution in [0.2, 0.25) is 5.02 Å². The highest BCUT2D eigenvalue weighted by Gasteiger charge is 2.09. The number of rotatable bonds is 3. The van der Waals surface area contributed by atoms with Crippen LogP contribution in [0.25, 0.3) is 0 Å². The lowest BCUT2D eigenvalue weighted by Gasteiger charge is -2.19. The molecule has 1 heterocycles. The molecule has 0 saturated heterocycles. The van der Waals surface area contributed by atoms with Crippen LogP contribution in [-0.4, -0.2) is 18.1 Å². The van der Waals surface area contributed by atoms with Crippen LogP contribution in [0.15, 0.2) is 12.3 Å². The predicted molar refractivity (Wildman–Crippen MR) is 52.8 cm³/mol. The Hall–Kier alpha value is -0.830. The second kappa shape index (κ2) is 4.42. The summed E-state index contributed by atoms with van der Waals surface area (Å²) in [6.07, 6.45) is 1.46. The van der Waals surface area contributed by atoms with Gasteiger partial charge in [-0.3, -0.25) is 0 Å². The minimum atomic E-state index is -0.365. The van der Waals surface area contributed by atoms with E-state index in [0.717, 1.165) is 13.1 Å². The van der Waals surface area contributed by atoms with Gasteiger partial charge in [0.2, 0.25) is 0 Å². The zero-order valence-electron chi connectivity index (χ0n) is 7.72. The summed E-state index contributed by atoms with van der Waals surface area (Å²) in [6.45, 7) is 5.39. The monoisotopic (exact) mass is 202 g/mol. The molecule has 0 fully saturated rings. The molecule has 13 heavy (non-hydrogen) atoms. The van der Waals surface area contributed by atoms with E-state index in [9.17, 15) is 4.39 Å². The first-order chi connectivity index (χ1) is 6.19. The lowest BCUT2D eigenvalue weighted by atomic mass is 10.4. The molecule has 0 radical (unpaired) electrons. The largest absolute Gasteiger partial charge is 0.355 e. The highest BCUT2D eigenvalue weighted by Crippen LogP contribution is 2.18. The Morgan fingerprint density at radius 1 is 1.46 bits per heavy atom. The van der Waals surface area contributed by atoms with E-state index in [1.165, 1.54) is 12.3 Å². The molecule has 0 unspecified atom stereocenters. The summed E-state index contributed by atoms with van der Waals surface area (Å²) in [4.78, 5) is 5.78. The van der Waals surface area contributed by atoms with Gasteiger partial charge < -0.3 is 4.90 Å². The Balaban J connectivity index is 2.99. The maximum Gasteiger partial charge on any atom is 0.167 e. The number of hydrogen-bond acceptors (Lipinski definition) is 2. The van der Waals surface area contributed by atoms with Crippen molar-refractivity contribution in [3.8, 4) is 0 Å². The molecular weight excluding hydrogens is 191 g/mol. The minimum Gasteiger partial charge on any atom is -0.355 e. The van der Waals surface area contributed by atoms with Crippen molar-refractivity contribution in [2.45, 2.75) is 13.8 Å². The third kappa shape index (κ3) is 2.31. The Bertz CT molecular complexity index is 287. The summed E-state index contributed by atoms with van der Waals surface area (Å²) in [5, 5.41) is 0.327. The summed E-state index contributed by atoms with van der Waals surface area (Å²) in [7, 11) is 0. The minimum absolute atomic E-state index is 0.327. The lowest BCUT2D eigenvalue weighted by molar-refractivity contribution is 0.612. The van der Waals surface area contributed by atoms with Gasteiger partial charge in [0, 0.05) is 19.3 Å². The number of anilines is 1. The summed E-state index contributed by atoms with van der Waals surface area (Å²) in [6, 6.07) is 1.28. The second-order valence-corrected chi connectivity index (χ2v) is 3.07. The number of hydrogen-bond donors (Lipinski definition) is 0. The average molecular weight is 203 g/mol. The molecule has 1 rings (SSSR count). The van der Waals surface area contributed by atoms with Gasteiger partial charge in [0.15, 0.2) is 11.6 Å². The number of aromatic nitrogens is 1. The van der Waals surface area contributed by atoms with Crippen LogP contribution >= 0.6 is 11.6 Å². The predicted octanol–water partition coefficient (Wildman–Crippen LogP) is 2.72. The molecule has 0 amide bonds. The maximum atomic E-state index is 13.3. The van der Waals surface area contributed by atoms with E-state index in [2.05, 4.69) is 4.98 Å². The van der Waals surface area contributed by atoms with E-state index in [-0.39, 0.29) is 5.82 Å². The molecule has 4 heteroatoms. The smallest absolute Gasteiger partial charge is 0.167 e. The van der Waals surface area contributed by atoms with Crippen LogP contribution in [0.1, 0.15) is 13.8 Å². The van der Waals surface area contributed by atoms with Gasteiger partial charge in [0.05, 0.1) is 5.02 Å². The Morgan fingerprint density at radius 2 is 2.08 bits per heavy atom. The number of halogens is 2. The molecule has 1 aromatic rings. The average Bonchev–Trinajstić information content (AvgIpc) is 2.10. The normalized spacial score (nSPS) is 10.2. The van der Waals surface area contributed by atoms with Crippen LogP contribution in [0.5, 0.6) is 0 Å².